The van der Waals surface area contributed by atoms with Crippen LogP contribution in [0.1, 0.15) is 16.7 Å². The van der Waals surface area contributed by atoms with Gasteiger partial charge in [-0.3, -0.25) is 14.4 Å². The highest BCUT2D eigenvalue weighted by molar-refractivity contribution is 7.92. The molecule has 3 aromatic rings. The minimum atomic E-state index is -4.16. The summed E-state index contributed by atoms with van der Waals surface area (Å²) in [5.41, 5.74) is 3.58. The second-order valence-corrected chi connectivity index (χ2v) is 8.83. The minimum absolute atomic E-state index is 0.267. The predicted octanol–water partition coefficient (Wildman–Crippen LogP) is 3.62. The Labute approximate surface area is 184 Å². The second kappa shape index (κ2) is 9.01. The molecule has 2 aromatic carbocycles. The van der Waals surface area contributed by atoms with Crippen molar-refractivity contribution in [3.05, 3.63) is 83.2 Å². The number of rotatable bonds is 8. The van der Waals surface area contributed by atoms with Gasteiger partial charge in [-0.05, 0) is 42.0 Å². The lowest BCUT2D eigenvalue weighted by Gasteiger charge is -2.10. The Hall–Kier alpha value is -3.37. The van der Waals surface area contributed by atoms with Crippen LogP contribution in [-0.2, 0) is 27.8 Å². The van der Waals surface area contributed by atoms with E-state index in [-0.39, 0.29) is 5.69 Å². The Morgan fingerprint density at radius 3 is 2.69 bits per heavy atom. The minimum Gasteiger partial charge on any atom is -0.383 e. The van der Waals surface area contributed by atoms with E-state index in [2.05, 4.69) is 14.8 Å². The first kappa shape index (κ1) is 21.8. The molecule has 0 amide bonds. The first-order chi connectivity index (χ1) is 15.3. The van der Waals surface area contributed by atoms with Crippen molar-refractivity contribution in [3.8, 4) is 0 Å². The van der Waals surface area contributed by atoms with Crippen LogP contribution in [0.15, 0.2) is 64.8 Å². The van der Waals surface area contributed by atoms with Crippen LogP contribution in [0.5, 0.6) is 0 Å². The number of anilines is 1. The van der Waals surface area contributed by atoms with E-state index in [1.54, 1.807) is 36.2 Å². The molecule has 0 atom stereocenters. The number of ether oxygens (including phenoxy) is 1. The van der Waals surface area contributed by atoms with E-state index in [9.17, 15) is 17.2 Å². The van der Waals surface area contributed by atoms with Crippen LogP contribution in [0.2, 0.25) is 0 Å². The number of benzene rings is 2. The third-order valence-corrected chi connectivity index (χ3v) is 6.18. The van der Waals surface area contributed by atoms with Gasteiger partial charge in [0, 0.05) is 36.2 Å². The molecular formula is C22H20F2N4O3S. The molecule has 1 aromatic heterocycles. The molecule has 0 saturated carbocycles. The number of hydrogen-bond donors (Lipinski definition) is 1. The number of allylic oxidation sites excluding steroid dienone is 1. The Morgan fingerprint density at radius 2 is 1.94 bits per heavy atom. The number of halogens is 2. The number of aromatic nitrogens is 2. The van der Waals surface area contributed by atoms with E-state index in [4.69, 9.17) is 4.74 Å². The molecule has 4 rings (SSSR count). The quantitative estimate of drug-likeness (QED) is 0.559. The fraction of sp³-hybridized carbons (Fsp3) is 0.182. The monoisotopic (exact) mass is 458 g/mol. The molecule has 32 heavy (non-hydrogen) atoms. The lowest BCUT2D eigenvalue weighted by Crippen LogP contribution is -2.14. The zero-order valence-electron chi connectivity index (χ0n) is 17.1. The van der Waals surface area contributed by atoms with E-state index in [1.807, 2.05) is 18.3 Å². The molecule has 7 nitrogen and oxygen atoms in total. The number of sulfonamides is 1. The lowest BCUT2D eigenvalue weighted by atomic mass is 10.0. The molecule has 1 aliphatic rings. The normalized spacial score (nSPS) is 13.4. The molecule has 1 N–H and O–H groups in total. The van der Waals surface area contributed by atoms with Crippen LogP contribution in [-0.4, -0.2) is 37.6 Å². The third kappa shape index (κ3) is 4.92. The number of hydrogen-bond acceptors (Lipinski definition) is 5. The van der Waals surface area contributed by atoms with Crippen molar-refractivity contribution in [2.24, 2.45) is 4.99 Å². The fourth-order valence-corrected chi connectivity index (χ4v) is 4.35. The zero-order valence-corrected chi connectivity index (χ0v) is 17.9. The highest BCUT2D eigenvalue weighted by Crippen LogP contribution is 2.26. The van der Waals surface area contributed by atoms with E-state index in [0.717, 1.165) is 28.8 Å². The first-order valence-corrected chi connectivity index (χ1v) is 11.2. The Balaban J connectivity index is 1.53. The van der Waals surface area contributed by atoms with Crippen molar-refractivity contribution < 1.29 is 21.9 Å². The van der Waals surface area contributed by atoms with Crippen molar-refractivity contribution in [1.29, 1.82) is 0 Å². The number of nitrogens with zero attached hydrogens (tertiary/aromatic N) is 3. The summed E-state index contributed by atoms with van der Waals surface area (Å²) in [5, 5.41) is 4.25. The molecule has 0 fully saturated rings. The van der Waals surface area contributed by atoms with Gasteiger partial charge in [-0.25, -0.2) is 17.2 Å². The smallest absolute Gasteiger partial charge is 0.262 e. The van der Waals surface area contributed by atoms with E-state index in [1.165, 1.54) is 0 Å². The molecule has 10 heteroatoms. The molecule has 166 valence electrons. The zero-order chi connectivity index (χ0) is 22.7. The lowest BCUT2D eigenvalue weighted by molar-refractivity contribution is 0.183. The van der Waals surface area contributed by atoms with Gasteiger partial charge < -0.3 is 4.74 Å². The molecule has 1 aliphatic heterocycles. The highest BCUT2D eigenvalue weighted by Gasteiger charge is 2.19. The largest absolute Gasteiger partial charge is 0.383 e. The standard InChI is InChI=1S/C22H20F2N4O3S/c1-31-7-6-28-14-15(12-26-28)2-5-22-21-11-19(4-3-16(21)13-25-22)27-32(29,30)20-9-17(23)8-18(24)10-20/h2-5,8-12,14,27H,6-7,13H2,1H3/b5-2+. The average Bonchev–Trinajstić information content (AvgIpc) is 3.36. The fourth-order valence-electron chi connectivity index (χ4n) is 3.26. The molecule has 0 spiro atoms. The Morgan fingerprint density at radius 1 is 1.16 bits per heavy atom. The van der Waals surface area contributed by atoms with Gasteiger partial charge in [-0.1, -0.05) is 6.07 Å². The maximum Gasteiger partial charge on any atom is 0.262 e. The van der Waals surface area contributed by atoms with Crippen molar-refractivity contribution >= 4 is 27.5 Å². The summed E-state index contributed by atoms with van der Waals surface area (Å²) >= 11 is 0. The van der Waals surface area contributed by atoms with Gasteiger partial charge in [0.2, 0.25) is 0 Å². The van der Waals surface area contributed by atoms with Crippen molar-refractivity contribution in [1.82, 2.24) is 9.78 Å². The summed E-state index contributed by atoms with van der Waals surface area (Å²) in [4.78, 5) is 4.01. The Kier molecular flexibility index (Phi) is 6.15. The molecule has 0 aliphatic carbocycles. The molecule has 0 saturated heterocycles. The van der Waals surface area contributed by atoms with Gasteiger partial charge in [0.05, 0.1) is 36.5 Å². The molecule has 2 heterocycles. The average molecular weight is 458 g/mol. The third-order valence-electron chi connectivity index (χ3n) is 4.82. The van der Waals surface area contributed by atoms with Crippen molar-refractivity contribution in [2.75, 3.05) is 18.4 Å². The number of nitrogens with one attached hydrogen (secondary N) is 1. The summed E-state index contributed by atoms with van der Waals surface area (Å²) in [6, 6.07) is 7.16. The van der Waals surface area contributed by atoms with E-state index in [0.29, 0.717) is 31.5 Å². The van der Waals surface area contributed by atoms with Gasteiger partial charge >= 0.3 is 0 Å². The van der Waals surface area contributed by atoms with Gasteiger partial charge in [0.1, 0.15) is 11.6 Å². The van der Waals surface area contributed by atoms with Gasteiger partial charge in [-0.2, -0.15) is 5.10 Å². The summed E-state index contributed by atoms with van der Waals surface area (Å²) in [5.74, 6) is -1.94. The number of methoxy groups -OCH3 is 1. The molecule has 0 unspecified atom stereocenters. The summed E-state index contributed by atoms with van der Waals surface area (Å²) in [7, 11) is -2.53. The van der Waals surface area contributed by atoms with Crippen LogP contribution in [0.25, 0.3) is 6.08 Å². The van der Waals surface area contributed by atoms with Crippen LogP contribution >= 0.6 is 0 Å². The number of aliphatic imine (C=N–C) groups is 1. The van der Waals surface area contributed by atoms with Crippen LogP contribution in [0.3, 0.4) is 0 Å². The highest BCUT2D eigenvalue weighted by atomic mass is 32.2. The van der Waals surface area contributed by atoms with Crippen LogP contribution in [0.4, 0.5) is 14.5 Å². The van der Waals surface area contributed by atoms with E-state index < -0.39 is 26.6 Å². The van der Waals surface area contributed by atoms with Crippen LogP contribution in [0, 0.1) is 11.6 Å². The van der Waals surface area contributed by atoms with E-state index >= 15 is 0 Å². The van der Waals surface area contributed by atoms with Crippen LogP contribution < -0.4 is 4.72 Å². The topological polar surface area (TPSA) is 85.6 Å². The van der Waals surface area contributed by atoms with Gasteiger partial charge in [0.15, 0.2) is 0 Å². The van der Waals surface area contributed by atoms with Crippen molar-refractivity contribution in [2.45, 2.75) is 18.0 Å². The first-order valence-electron chi connectivity index (χ1n) is 9.70. The van der Waals surface area contributed by atoms with Gasteiger partial charge in [0.25, 0.3) is 10.0 Å². The second-order valence-electron chi connectivity index (χ2n) is 7.15. The molecule has 0 radical (unpaired) electrons. The maximum absolute atomic E-state index is 13.4. The predicted molar refractivity (Wildman–Crippen MR) is 117 cm³/mol. The number of fused-ring (bicyclic) bond motifs is 1. The summed E-state index contributed by atoms with van der Waals surface area (Å²) in [6.07, 6.45) is 7.32. The SMILES string of the molecule is COCCn1cc(/C=C/C2=NCc3ccc(NS(=O)(=O)c4cc(F)cc(F)c4)cc32)cn1. The van der Waals surface area contributed by atoms with Gasteiger partial charge in [-0.15, -0.1) is 0 Å². The van der Waals surface area contributed by atoms with Crippen molar-refractivity contribution in [3.63, 3.8) is 0 Å². The summed E-state index contributed by atoms with van der Waals surface area (Å²) in [6.45, 7) is 1.68. The molecular weight excluding hydrogens is 438 g/mol. The molecule has 0 bridgehead atoms. The summed E-state index contributed by atoms with van der Waals surface area (Å²) < 4.78 is 61.2. The Bertz CT molecular complexity index is 1300. The maximum atomic E-state index is 13.4.